The van der Waals surface area contributed by atoms with Crippen LogP contribution in [0.5, 0.6) is 5.75 Å². The Labute approximate surface area is 242 Å². The fourth-order valence-electron chi connectivity index (χ4n) is 5.39. The summed E-state index contributed by atoms with van der Waals surface area (Å²) in [5, 5.41) is 10.7. The molecule has 0 amide bonds. The summed E-state index contributed by atoms with van der Waals surface area (Å²) in [4.78, 5) is 8.87. The molecule has 1 aliphatic carbocycles. The molecule has 4 aromatic carbocycles. The van der Waals surface area contributed by atoms with E-state index in [-0.39, 0.29) is 25.9 Å². The number of aromatic hydroxyl groups is 1. The molecule has 7 rings (SSSR count). The number of phenols is 1. The maximum atomic E-state index is 10.7. The fourth-order valence-corrected chi connectivity index (χ4v) is 5.39. The number of nitrogens with zero attached hydrogens (tertiary/aromatic N) is 2. The van der Waals surface area contributed by atoms with Crippen molar-refractivity contribution in [1.29, 1.82) is 0 Å². The molecule has 0 unspecified atom stereocenters. The van der Waals surface area contributed by atoms with Crippen molar-refractivity contribution in [2.45, 2.75) is 5.41 Å². The molecule has 0 spiro atoms. The minimum Gasteiger partial charge on any atom is -0.507 e. The largest absolute Gasteiger partial charge is 0.507 e. The Kier molecular flexibility index (Phi) is 7.79. The first-order valence-corrected chi connectivity index (χ1v) is 12.6. The number of aromatic nitrogens is 2. The van der Waals surface area contributed by atoms with Crippen molar-refractivity contribution in [3.8, 4) is 28.3 Å². The Balaban J connectivity index is 0.000000200. The summed E-state index contributed by atoms with van der Waals surface area (Å²) in [5.74, 6) is 0.274. The molecule has 0 saturated carbocycles. The van der Waals surface area contributed by atoms with Crippen molar-refractivity contribution in [2.75, 3.05) is 0 Å². The van der Waals surface area contributed by atoms with Crippen molar-refractivity contribution in [2.24, 2.45) is 0 Å². The monoisotopic (exact) mass is 682 g/mol. The molecule has 0 bridgehead atoms. The number of phenolic OH excluding ortho intramolecular Hbond substituents is 1. The molecule has 2 heterocycles. The summed E-state index contributed by atoms with van der Waals surface area (Å²) in [7, 11) is 0. The second-order valence-corrected chi connectivity index (χ2v) is 9.07. The SMILES string of the molecule is Oc1cccc2c1-c1ncccc1C2(c1ccccc1)c1ccccc1.[Ir].[c-]1ccccc1-c1ccccn1. The number of benzene rings is 4. The number of rotatable bonds is 3. The molecule has 1 radical (unpaired) electrons. The quantitative estimate of drug-likeness (QED) is 0.195. The van der Waals surface area contributed by atoms with Crippen LogP contribution in [0.1, 0.15) is 22.3 Å². The van der Waals surface area contributed by atoms with E-state index in [0.29, 0.717) is 0 Å². The van der Waals surface area contributed by atoms with Gasteiger partial charge >= 0.3 is 0 Å². The van der Waals surface area contributed by atoms with E-state index in [1.165, 1.54) is 11.1 Å². The van der Waals surface area contributed by atoms with E-state index >= 15 is 0 Å². The molecule has 1 N–H and O–H groups in total. The maximum absolute atomic E-state index is 10.7. The normalized spacial score (nSPS) is 12.2. The van der Waals surface area contributed by atoms with Crippen molar-refractivity contribution in [3.05, 3.63) is 174 Å². The molecule has 4 heteroatoms. The number of hydrogen-bond acceptors (Lipinski definition) is 3. The van der Waals surface area contributed by atoms with Crippen LogP contribution >= 0.6 is 0 Å². The van der Waals surface area contributed by atoms with E-state index in [2.05, 4.69) is 76.7 Å². The average Bonchev–Trinajstić information content (AvgIpc) is 3.32. The van der Waals surface area contributed by atoms with Crippen molar-refractivity contribution < 1.29 is 25.2 Å². The number of hydrogen-bond donors (Lipinski definition) is 1. The maximum Gasteiger partial charge on any atom is 0.125 e. The molecule has 1 aliphatic rings. The van der Waals surface area contributed by atoms with Gasteiger partial charge in [0.05, 0.1) is 11.1 Å². The Morgan fingerprint density at radius 1 is 0.564 bits per heavy atom. The standard InChI is InChI=1S/C24H17NO.C11H8N.Ir/c26-21-15-7-13-19-22(21)23-20(14-8-16-25-23)24(19,17-9-3-1-4-10-17)18-11-5-2-6-12-18;1-2-6-10(7-3-1)11-8-4-5-9-12-11;/h1-16,26H;1-6,8-9H;/q;-1;. The zero-order valence-corrected chi connectivity index (χ0v) is 23.4. The van der Waals surface area contributed by atoms with E-state index in [0.717, 1.165) is 33.6 Å². The Morgan fingerprint density at radius 3 is 1.85 bits per heavy atom. The van der Waals surface area contributed by atoms with Gasteiger partial charge in [0.25, 0.3) is 0 Å². The van der Waals surface area contributed by atoms with Gasteiger partial charge in [-0.2, -0.15) is 0 Å². The molecule has 191 valence electrons. The molecule has 0 atom stereocenters. The minimum atomic E-state index is -0.486. The van der Waals surface area contributed by atoms with Gasteiger partial charge in [-0.3, -0.25) is 4.98 Å². The summed E-state index contributed by atoms with van der Waals surface area (Å²) in [5.41, 5.74) is 7.73. The van der Waals surface area contributed by atoms with E-state index in [1.807, 2.05) is 66.7 Å². The third kappa shape index (κ3) is 4.70. The van der Waals surface area contributed by atoms with Gasteiger partial charge in [0, 0.05) is 38.1 Å². The van der Waals surface area contributed by atoms with Crippen LogP contribution in [0.25, 0.3) is 22.5 Å². The predicted molar refractivity (Wildman–Crippen MR) is 152 cm³/mol. The van der Waals surface area contributed by atoms with E-state index in [9.17, 15) is 5.11 Å². The molecule has 39 heavy (non-hydrogen) atoms. The molecular weight excluding hydrogens is 657 g/mol. The van der Waals surface area contributed by atoms with E-state index < -0.39 is 5.41 Å². The molecule has 0 fully saturated rings. The van der Waals surface area contributed by atoms with Crippen molar-refractivity contribution in [1.82, 2.24) is 9.97 Å². The van der Waals surface area contributed by atoms with E-state index in [4.69, 9.17) is 0 Å². The smallest absolute Gasteiger partial charge is 0.125 e. The van der Waals surface area contributed by atoms with Crippen molar-refractivity contribution >= 4 is 0 Å². The molecule has 3 nitrogen and oxygen atoms in total. The Morgan fingerprint density at radius 2 is 1.21 bits per heavy atom. The summed E-state index contributed by atoms with van der Waals surface area (Å²) >= 11 is 0. The first-order chi connectivity index (χ1) is 18.8. The minimum absolute atomic E-state index is 0. The fraction of sp³-hybridized carbons (Fsp3) is 0.0286. The summed E-state index contributed by atoms with van der Waals surface area (Å²) in [6.45, 7) is 0. The summed E-state index contributed by atoms with van der Waals surface area (Å²) in [6, 6.07) is 47.6. The molecule has 2 aromatic heterocycles. The second-order valence-electron chi connectivity index (χ2n) is 9.07. The third-order valence-electron chi connectivity index (χ3n) is 6.96. The Hall–Kier alpha value is -4.37. The van der Waals surface area contributed by atoms with Gasteiger partial charge in [0.1, 0.15) is 5.75 Å². The van der Waals surface area contributed by atoms with Crippen LogP contribution in [0.2, 0.25) is 0 Å². The van der Waals surface area contributed by atoms with E-state index in [1.54, 1.807) is 18.5 Å². The van der Waals surface area contributed by atoms with Gasteiger partial charge in [0.15, 0.2) is 0 Å². The zero-order valence-electron chi connectivity index (χ0n) is 21.0. The molecule has 6 aromatic rings. The number of fused-ring (bicyclic) bond motifs is 3. The molecular formula is C35H25IrN2O-. The van der Waals surface area contributed by atoms with Crippen LogP contribution in [0.15, 0.2) is 146 Å². The summed E-state index contributed by atoms with van der Waals surface area (Å²) < 4.78 is 0. The van der Waals surface area contributed by atoms with Gasteiger partial charge < -0.3 is 10.1 Å². The van der Waals surface area contributed by atoms with Gasteiger partial charge in [-0.1, -0.05) is 91.0 Å². The molecule has 0 aliphatic heterocycles. The van der Waals surface area contributed by atoms with Gasteiger partial charge in [0.2, 0.25) is 0 Å². The topological polar surface area (TPSA) is 46.0 Å². The molecule has 0 saturated heterocycles. The van der Waals surface area contributed by atoms with Gasteiger partial charge in [-0.25, -0.2) is 0 Å². The van der Waals surface area contributed by atoms with Crippen molar-refractivity contribution in [3.63, 3.8) is 0 Å². The first kappa shape index (κ1) is 26.2. The van der Waals surface area contributed by atoms with Crippen LogP contribution in [-0.4, -0.2) is 15.1 Å². The van der Waals surface area contributed by atoms with Crippen LogP contribution in [0.4, 0.5) is 0 Å². The predicted octanol–water partition coefficient (Wildman–Crippen LogP) is 7.70. The van der Waals surface area contributed by atoms with Gasteiger partial charge in [-0.15, -0.1) is 35.9 Å². The second kappa shape index (κ2) is 11.6. The average molecular weight is 682 g/mol. The third-order valence-corrected chi connectivity index (χ3v) is 6.96. The zero-order chi connectivity index (χ0) is 25.8. The van der Waals surface area contributed by atoms with Crippen LogP contribution in [-0.2, 0) is 25.5 Å². The van der Waals surface area contributed by atoms with Gasteiger partial charge in [-0.05, 0) is 46.1 Å². The van der Waals surface area contributed by atoms with Crippen LogP contribution in [0, 0.1) is 6.07 Å². The first-order valence-electron chi connectivity index (χ1n) is 12.6. The summed E-state index contributed by atoms with van der Waals surface area (Å²) in [6.07, 6.45) is 3.58. The number of pyridine rings is 2. The van der Waals surface area contributed by atoms with Crippen LogP contribution in [0.3, 0.4) is 0 Å². The Bertz CT molecular complexity index is 1580. The van der Waals surface area contributed by atoms with Crippen LogP contribution < -0.4 is 0 Å².